The number of aliphatic hydroxyl groups is 7. The van der Waals surface area contributed by atoms with Crippen LogP contribution in [0.1, 0.15) is 80.6 Å². The van der Waals surface area contributed by atoms with Crippen molar-refractivity contribution in [2.75, 3.05) is 49.8 Å². The molecule has 16 heteroatoms. The Balaban J connectivity index is 0.000000315. The predicted molar refractivity (Wildman–Crippen MR) is 546 cm³/mol. The van der Waals surface area contributed by atoms with E-state index in [2.05, 4.69) is 244 Å². The summed E-state index contributed by atoms with van der Waals surface area (Å²) in [6.45, 7) is 4.23. The Morgan fingerprint density at radius 1 is 0.158 bits per heavy atom. The van der Waals surface area contributed by atoms with Gasteiger partial charge < -0.3 is 81.7 Å². The molecule has 0 unspecified atom stereocenters. The summed E-state index contributed by atoms with van der Waals surface area (Å²) < 4.78 is 0. The van der Waals surface area contributed by atoms with E-state index in [1.54, 1.807) is 133 Å². The monoisotopic (exact) mass is 1790 g/mol. The first-order chi connectivity index (χ1) is 64.9. The molecule has 0 saturated heterocycles. The van der Waals surface area contributed by atoms with E-state index in [4.69, 9.17) is 61.3 Å². The lowest BCUT2D eigenvalue weighted by Gasteiger charge is -2.26. The molecular weight excluding hydrogens is 1660 g/mol. The van der Waals surface area contributed by atoms with Gasteiger partial charge in [0.05, 0.1) is 0 Å². The Labute approximate surface area is 783 Å². The maximum Gasteiger partial charge on any atom is 0.131 e. The number of benzene rings is 18. The number of aromatic hydroxyl groups is 9. The van der Waals surface area contributed by atoms with Gasteiger partial charge in [0.1, 0.15) is 51.7 Å². The van der Waals surface area contributed by atoms with E-state index < -0.39 is 0 Å². The van der Waals surface area contributed by atoms with Crippen molar-refractivity contribution < 1.29 is 81.7 Å². The molecule has 18 aromatic carbocycles. The highest BCUT2D eigenvalue weighted by Crippen LogP contribution is 2.41. The van der Waals surface area contributed by atoms with Gasteiger partial charge in [-0.05, 0) is 206 Å². The van der Waals surface area contributed by atoms with Crippen molar-refractivity contribution in [2.24, 2.45) is 0 Å². The molecule has 18 rings (SSSR count). The molecule has 0 amide bonds. The van der Waals surface area contributed by atoms with Crippen molar-refractivity contribution in [3.63, 3.8) is 0 Å². The minimum atomic E-state index is -0.151. The first kappa shape index (κ1) is 110. The van der Waals surface area contributed by atoms with Crippen LogP contribution in [0.2, 0.25) is 0 Å². The van der Waals surface area contributed by atoms with Gasteiger partial charge in [0.15, 0.2) is 0 Å². The Morgan fingerprint density at radius 3 is 0.564 bits per heavy atom. The van der Waals surface area contributed by atoms with Crippen molar-refractivity contribution in [2.45, 2.75) is 51.4 Å². The van der Waals surface area contributed by atoms with E-state index in [0.29, 0.717) is 27.3 Å². The topological polar surface area (TPSA) is 324 Å². The number of para-hydroxylation sites is 1. The van der Waals surface area contributed by atoms with Crippen molar-refractivity contribution in [3.05, 3.63) is 510 Å². The molecule has 0 aliphatic heterocycles. The van der Waals surface area contributed by atoms with Crippen LogP contribution in [0.15, 0.2) is 443 Å². The molecule has 0 fully saturated rings. The molecule has 0 atom stereocenters. The smallest absolute Gasteiger partial charge is 0.131 e. The maximum atomic E-state index is 10.1. The number of fused-ring (bicyclic) bond motifs is 3. The third-order valence-electron chi connectivity index (χ3n) is 19.8. The minimum absolute atomic E-state index is 0.151. The van der Waals surface area contributed by atoms with Gasteiger partial charge in [-0.1, -0.05) is 372 Å². The van der Waals surface area contributed by atoms with Crippen molar-refractivity contribution in [1.29, 1.82) is 0 Å². The van der Waals surface area contributed by atoms with E-state index in [9.17, 15) is 20.4 Å². The summed E-state index contributed by atoms with van der Waals surface area (Å²) in [5.41, 5.74) is 17.8. The first-order valence-corrected chi connectivity index (χ1v) is 42.6. The molecule has 0 aliphatic rings. The highest BCUT2D eigenvalue weighted by Gasteiger charge is 2.23. The van der Waals surface area contributed by atoms with Crippen LogP contribution in [0.4, 0.5) is 0 Å². The van der Waals surface area contributed by atoms with Crippen LogP contribution in [0.5, 0.6) is 51.7 Å². The van der Waals surface area contributed by atoms with E-state index in [0.717, 1.165) is 115 Å². The zero-order valence-electron chi connectivity index (χ0n) is 76.8. The lowest BCUT2D eigenvalue weighted by atomic mass is 9.78. The van der Waals surface area contributed by atoms with Gasteiger partial charge in [0.2, 0.25) is 0 Å². The average Bonchev–Trinajstić information content (AvgIpc) is 1.13. The Bertz CT molecular complexity index is 5620. The number of phenolic OH excluding ortho intramolecular Hbond substituents is 9. The van der Waals surface area contributed by atoms with Gasteiger partial charge in [0.25, 0.3) is 0 Å². The number of hydrogen-bond donors (Lipinski definition) is 16. The van der Waals surface area contributed by atoms with E-state index >= 15 is 0 Å². The van der Waals surface area contributed by atoms with Crippen molar-refractivity contribution in [1.82, 2.24) is 0 Å². The van der Waals surface area contributed by atoms with Gasteiger partial charge >= 0.3 is 0 Å². The minimum Gasteiger partial charge on any atom is -0.508 e. The zero-order valence-corrected chi connectivity index (χ0v) is 76.8. The summed E-state index contributed by atoms with van der Waals surface area (Å²) in [6, 6.07) is 143. The molecule has 16 N–H and O–H groups in total. The summed E-state index contributed by atoms with van der Waals surface area (Å²) >= 11 is 0. The molecule has 0 saturated carbocycles. The van der Waals surface area contributed by atoms with Crippen molar-refractivity contribution in [3.8, 4) is 62.9 Å². The summed E-state index contributed by atoms with van der Waals surface area (Å²) in [5, 5.41) is 138. The van der Waals surface area contributed by atoms with Crippen LogP contribution in [0.3, 0.4) is 0 Å². The van der Waals surface area contributed by atoms with Gasteiger partial charge in [-0.3, -0.25) is 0 Å². The fourth-order valence-corrected chi connectivity index (χ4v) is 13.3. The lowest BCUT2D eigenvalue weighted by Crippen LogP contribution is -2.18. The summed E-state index contributed by atoms with van der Waals surface area (Å²) in [7, 11) is 7.00. The quantitative estimate of drug-likeness (QED) is 0.0377. The maximum absolute atomic E-state index is 10.1. The third-order valence-corrected chi connectivity index (χ3v) is 19.8. The SMILES string of the molecule is CC(C)(c1ccc(O)cc1)c1ccc(O)cc1.CO.CO.CO.CO.CO.CO.CO.Oc1c2ccccc2c(O)c2ccccc12.Oc1ccc(-c2ccc(O)cc2)cc1.Oc1ccc2cc(O)ccc2c1.Oc1ccccc1.c1ccc(Cc2ccc(Cc3ccccc3)cc2)cc1.c1ccc(Cc2cccc(Cc3ccccc3)c2)cc1.c1ccc(Cc2ccccc2)cc1. The standard InChI is InChI=1S/2C20H18.C15H16O2.C14H10O2.C13H12.C12H10O2.C10H8O2.C6H6O.7CH4O/c1-3-8-17(9-4-1)14-19-12-7-13-20(16-19)15-18-10-5-2-6-11-18;1-3-7-17(8-4-1)15-19-11-13-20(14-12-19)16-18-9-5-2-6-10-18;1-15(2,11-3-7-13(16)8-4-11)12-5-9-14(17)10-6-12;15-13-9-5-1-2-6-10(9)14(16)12-8-4-3-7-11(12)13;1-3-7-12(8-4-1)11-13-9-5-2-6-10-13;13-11-5-1-9(2-6-11)10-3-7-12(14)8-4-10;11-9-3-1-7-5-10(12)4-2-8(7)6-9;7-6-4-2-1-3-5-6;7*1-2/h1-13,16H,14-15H2;1-14H,15-16H2;3-10,16-17H,1-2H3;1-8,15-16H;1-10H,11H2;1-8,13-14H;1-6,11-12H;1-5,7H;7*2H,1H3. The van der Waals surface area contributed by atoms with Crippen LogP contribution < -0.4 is 0 Å². The van der Waals surface area contributed by atoms with Crippen LogP contribution in [-0.2, 0) is 37.5 Å². The van der Waals surface area contributed by atoms with Crippen LogP contribution in [0, 0.1) is 0 Å². The summed E-state index contributed by atoms with van der Waals surface area (Å²) in [6.07, 6.45) is 5.05. The molecule has 0 spiro atoms. The molecule has 133 heavy (non-hydrogen) atoms. The molecule has 16 nitrogen and oxygen atoms in total. The summed E-state index contributed by atoms with van der Waals surface area (Å²) in [5.74, 6) is 2.32. The molecule has 0 bridgehead atoms. The number of hydrogen-bond acceptors (Lipinski definition) is 16. The van der Waals surface area contributed by atoms with Gasteiger partial charge in [-0.15, -0.1) is 0 Å². The first-order valence-electron chi connectivity index (χ1n) is 42.6. The predicted octanol–water partition coefficient (Wildman–Crippen LogP) is 23.5. The average molecular weight is 1790 g/mol. The Morgan fingerprint density at radius 2 is 0.338 bits per heavy atom. The fourth-order valence-electron chi connectivity index (χ4n) is 13.3. The van der Waals surface area contributed by atoms with Gasteiger partial charge in [-0.25, -0.2) is 0 Å². The second-order valence-electron chi connectivity index (χ2n) is 29.1. The number of phenols is 9. The highest BCUT2D eigenvalue weighted by atomic mass is 16.3. The highest BCUT2D eigenvalue weighted by molar-refractivity contribution is 6.10. The van der Waals surface area contributed by atoms with E-state index in [1.807, 2.05) is 78.9 Å². The van der Waals surface area contributed by atoms with Gasteiger partial charge in [0, 0.05) is 76.7 Å². The van der Waals surface area contributed by atoms with Crippen molar-refractivity contribution >= 4 is 32.3 Å². The largest absolute Gasteiger partial charge is 0.508 e. The molecule has 0 aromatic heterocycles. The van der Waals surface area contributed by atoms with Crippen LogP contribution in [0.25, 0.3) is 43.4 Å². The third kappa shape index (κ3) is 39.7. The molecule has 18 aromatic rings. The number of rotatable bonds is 13. The molecule has 0 aliphatic carbocycles. The lowest BCUT2D eigenvalue weighted by molar-refractivity contribution is 0.399. The van der Waals surface area contributed by atoms with Crippen LogP contribution >= 0.6 is 0 Å². The van der Waals surface area contributed by atoms with E-state index in [-0.39, 0.29) is 51.4 Å². The zero-order chi connectivity index (χ0) is 97.4. The Kier molecular flexibility index (Phi) is 53.3. The van der Waals surface area contributed by atoms with Crippen LogP contribution in [-0.4, -0.2) is 131 Å². The number of aliphatic hydroxyl groups excluding tert-OH is 7. The molecule has 0 radical (unpaired) electrons. The van der Waals surface area contributed by atoms with Gasteiger partial charge in [-0.2, -0.15) is 0 Å². The summed E-state index contributed by atoms with van der Waals surface area (Å²) in [4.78, 5) is 0. The molecule has 0 heterocycles. The second kappa shape index (κ2) is 64.4. The molecular formula is C117H126O16. The fraction of sp³-hybridized carbons (Fsp3) is 0.128. The Hall–Kier alpha value is -15.3. The normalized spacial score (nSPS) is 9.62. The van der Waals surface area contributed by atoms with E-state index in [1.165, 1.54) is 55.6 Å². The molecule has 690 valence electrons. The second-order valence-corrected chi connectivity index (χ2v) is 29.1.